The molecule has 0 bridgehead atoms. The van der Waals surface area contributed by atoms with E-state index in [0.29, 0.717) is 17.3 Å². The van der Waals surface area contributed by atoms with Crippen molar-refractivity contribution in [1.82, 2.24) is 24.8 Å². The van der Waals surface area contributed by atoms with Gasteiger partial charge in [0, 0.05) is 23.5 Å². The van der Waals surface area contributed by atoms with Crippen LogP contribution in [0.5, 0.6) is 0 Å². The Morgan fingerprint density at radius 2 is 1.73 bits per heavy atom. The summed E-state index contributed by atoms with van der Waals surface area (Å²) in [7, 11) is 0. The van der Waals surface area contributed by atoms with Gasteiger partial charge in [-0.15, -0.1) is 0 Å². The van der Waals surface area contributed by atoms with Gasteiger partial charge in [-0.2, -0.15) is 0 Å². The number of rotatable bonds is 5. The highest BCUT2D eigenvalue weighted by Gasteiger charge is 2.23. The number of hydrogen-bond donors (Lipinski definition) is 2. The molecule has 2 aromatic carbocycles. The first-order valence-electron chi connectivity index (χ1n) is 11.0. The van der Waals surface area contributed by atoms with Crippen LogP contribution in [0.2, 0.25) is 0 Å². The van der Waals surface area contributed by atoms with E-state index in [-0.39, 0.29) is 17.7 Å². The van der Waals surface area contributed by atoms with Gasteiger partial charge in [-0.1, -0.05) is 6.07 Å². The second-order valence-electron chi connectivity index (χ2n) is 8.17. The van der Waals surface area contributed by atoms with Crippen molar-refractivity contribution in [2.24, 2.45) is 0 Å². The summed E-state index contributed by atoms with van der Waals surface area (Å²) >= 11 is 0. The predicted molar refractivity (Wildman–Crippen MR) is 124 cm³/mol. The van der Waals surface area contributed by atoms with E-state index in [9.17, 15) is 8.78 Å². The first kappa shape index (κ1) is 21.2. The molecule has 168 valence electrons. The average molecular weight is 447 g/mol. The van der Waals surface area contributed by atoms with Gasteiger partial charge in [0.05, 0.1) is 17.6 Å². The quantitative estimate of drug-likeness (QED) is 0.438. The van der Waals surface area contributed by atoms with Crippen LogP contribution < -0.4 is 10.6 Å². The first-order valence-corrected chi connectivity index (χ1v) is 11.0. The highest BCUT2D eigenvalue weighted by molar-refractivity contribution is 5.66. The lowest BCUT2D eigenvalue weighted by atomic mass is 10.0. The van der Waals surface area contributed by atoms with E-state index in [1.165, 1.54) is 24.3 Å². The maximum atomic E-state index is 13.7. The number of aromatic nitrogens is 4. The molecule has 0 atom stereocenters. The lowest BCUT2D eigenvalue weighted by Gasteiger charge is -2.27. The fourth-order valence-corrected chi connectivity index (χ4v) is 4.21. The third-order valence-electron chi connectivity index (χ3n) is 5.94. The van der Waals surface area contributed by atoms with Gasteiger partial charge in [0.15, 0.2) is 0 Å². The van der Waals surface area contributed by atoms with Crippen molar-refractivity contribution in [2.75, 3.05) is 18.4 Å². The molecule has 4 aromatic rings. The second-order valence-corrected chi connectivity index (χ2v) is 8.17. The molecule has 0 radical (unpaired) electrons. The summed E-state index contributed by atoms with van der Waals surface area (Å²) in [5.41, 5.74) is 3.93. The summed E-state index contributed by atoms with van der Waals surface area (Å²) in [6.07, 6.45) is 5.39. The molecule has 1 aliphatic rings. The van der Waals surface area contributed by atoms with E-state index in [0.717, 1.165) is 48.6 Å². The monoisotopic (exact) mass is 446 g/mol. The summed E-state index contributed by atoms with van der Waals surface area (Å²) in [6, 6.07) is 13.0. The zero-order valence-corrected chi connectivity index (χ0v) is 18.2. The molecule has 0 spiro atoms. The van der Waals surface area contributed by atoms with E-state index < -0.39 is 0 Å². The Labute approximate surface area is 190 Å². The van der Waals surface area contributed by atoms with Crippen molar-refractivity contribution in [3.05, 3.63) is 78.1 Å². The Morgan fingerprint density at radius 1 is 0.970 bits per heavy atom. The van der Waals surface area contributed by atoms with Gasteiger partial charge in [-0.05, 0) is 80.9 Å². The predicted octanol–water partition coefficient (Wildman–Crippen LogP) is 5.26. The molecule has 8 heteroatoms. The van der Waals surface area contributed by atoms with Crippen molar-refractivity contribution in [3.8, 4) is 22.8 Å². The van der Waals surface area contributed by atoms with Crippen molar-refractivity contribution >= 4 is 11.6 Å². The molecular weight excluding hydrogens is 422 g/mol. The molecule has 3 heterocycles. The summed E-state index contributed by atoms with van der Waals surface area (Å²) in [5.74, 6) is 0.555. The number of anilines is 2. The van der Waals surface area contributed by atoms with Crippen LogP contribution in [0.1, 0.15) is 24.4 Å². The van der Waals surface area contributed by atoms with Gasteiger partial charge in [0.1, 0.15) is 17.5 Å². The number of aryl methyl sites for hydroxylation is 1. The van der Waals surface area contributed by atoms with E-state index in [2.05, 4.69) is 20.2 Å². The maximum absolute atomic E-state index is 13.7. The highest BCUT2D eigenvalue weighted by atomic mass is 19.1. The zero-order valence-electron chi connectivity index (χ0n) is 18.2. The minimum absolute atomic E-state index is 0.237. The molecule has 0 unspecified atom stereocenters. The molecule has 0 aliphatic carbocycles. The van der Waals surface area contributed by atoms with Crippen molar-refractivity contribution in [2.45, 2.75) is 25.8 Å². The number of nitrogens with zero attached hydrogens (tertiary/aromatic N) is 4. The van der Waals surface area contributed by atoms with Crippen molar-refractivity contribution in [3.63, 3.8) is 0 Å². The van der Waals surface area contributed by atoms with E-state index in [4.69, 9.17) is 9.97 Å². The zero-order chi connectivity index (χ0) is 22.8. The molecule has 5 rings (SSSR count). The molecular formula is C25H24F2N6. The van der Waals surface area contributed by atoms with Crippen LogP contribution >= 0.6 is 0 Å². The minimum Gasteiger partial charge on any atom is -0.324 e. The smallest absolute Gasteiger partial charge is 0.227 e. The number of halogens is 2. The van der Waals surface area contributed by atoms with E-state index in [1.54, 1.807) is 30.6 Å². The standard InChI is InChI=1S/C25H24F2N6/c1-16-2-5-19(27)14-22(16)32-25-29-13-10-21(31-25)23-15-30-24(17-3-6-18(26)7-4-17)33(23)20-8-11-28-12-9-20/h2-7,10,13-15,20,28H,8-9,11-12H2,1H3,(H,29,31,32). The number of benzene rings is 2. The Hall–Kier alpha value is -3.65. The number of nitrogens with one attached hydrogen (secondary N) is 2. The molecule has 2 N–H and O–H groups in total. The summed E-state index contributed by atoms with van der Waals surface area (Å²) < 4.78 is 29.4. The minimum atomic E-state index is -0.327. The van der Waals surface area contributed by atoms with Gasteiger partial charge in [-0.25, -0.2) is 23.7 Å². The number of hydrogen-bond acceptors (Lipinski definition) is 5. The van der Waals surface area contributed by atoms with Crippen LogP contribution in [0, 0.1) is 18.6 Å². The average Bonchev–Trinajstić information content (AvgIpc) is 3.28. The summed E-state index contributed by atoms with van der Waals surface area (Å²) in [6.45, 7) is 3.73. The van der Waals surface area contributed by atoms with Crippen LogP contribution in [0.4, 0.5) is 20.4 Å². The van der Waals surface area contributed by atoms with Gasteiger partial charge in [0.2, 0.25) is 5.95 Å². The molecule has 1 aliphatic heterocycles. The second kappa shape index (κ2) is 9.07. The normalized spacial score (nSPS) is 14.4. The fourth-order valence-electron chi connectivity index (χ4n) is 4.21. The van der Waals surface area contributed by atoms with Gasteiger partial charge >= 0.3 is 0 Å². The third-order valence-corrected chi connectivity index (χ3v) is 5.94. The van der Waals surface area contributed by atoms with Crippen LogP contribution in [-0.4, -0.2) is 32.6 Å². The molecule has 1 fully saturated rings. The Morgan fingerprint density at radius 3 is 2.52 bits per heavy atom. The SMILES string of the molecule is Cc1ccc(F)cc1Nc1nccc(-c2cnc(-c3ccc(F)cc3)n2C2CCNCC2)n1. The lowest BCUT2D eigenvalue weighted by Crippen LogP contribution is -2.30. The summed E-state index contributed by atoms with van der Waals surface area (Å²) in [4.78, 5) is 13.7. The van der Waals surface area contributed by atoms with Crippen molar-refractivity contribution < 1.29 is 8.78 Å². The maximum Gasteiger partial charge on any atom is 0.227 e. The van der Waals surface area contributed by atoms with Crippen LogP contribution in [0.3, 0.4) is 0 Å². The number of piperidine rings is 1. The Kier molecular flexibility index (Phi) is 5.83. The lowest BCUT2D eigenvalue weighted by molar-refractivity contribution is 0.373. The number of imidazole rings is 1. The highest BCUT2D eigenvalue weighted by Crippen LogP contribution is 2.33. The Balaban J connectivity index is 1.55. The topological polar surface area (TPSA) is 67.7 Å². The molecule has 2 aromatic heterocycles. The van der Waals surface area contributed by atoms with Crippen molar-refractivity contribution in [1.29, 1.82) is 0 Å². The molecule has 0 amide bonds. The third kappa shape index (κ3) is 4.47. The van der Waals surface area contributed by atoms with Gasteiger partial charge in [0.25, 0.3) is 0 Å². The summed E-state index contributed by atoms with van der Waals surface area (Å²) in [5, 5.41) is 6.52. The molecule has 0 saturated carbocycles. The molecule has 33 heavy (non-hydrogen) atoms. The van der Waals surface area contributed by atoms with Gasteiger partial charge in [-0.3, -0.25) is 0 Å². The van der Waals surface area contributed by atoms with Crippen LogP contribution in [0.25, 0.3) is 22.8 Å². The molecule has 1 saturated heterocycles. The van der Waals surface area contributed by atoms with E-state index >= 15 is 0 Å². The van der Waals surface area contributed by atoms with Crippen LogP contribution in [-0.2, 0) is 0 Å². The van der Waals surface area contributed by atoms with E-state index in [1.807, 2.05) is 13.0 Å². The largest absolute Gasteiger partial charge is 0.324 e. The molecule has 6 nitrogen and oxygen atoms in total. The van der Waals surface area contributed by atoms with Crippen LogP contribution in [0.15, 0.2) is 60.9 Å². The first-order chi connectivity index (χ1) is 16.1. The fraction of sp³-hybridized carbons (Fsp3) is 0.240. The Bertz CT molecular complexity index is 1260. The van der Waals surface area contributed by atoms with Gasteiger partial charge < -0.3 is 15.2 Å².